The van der Waals surface area contributed by atoms with Gasteiger partial charge in [-0.15, -0.1) is 0 Å². The number of aromatic nitrogens is 1. The minimum atomic E-state index is 0.178. The first-order valence-corrected chi connectivity index (χ1v) is 6.89. The van der Waals surface area contributed by atoms with Gasteiger partial charge in [0, 0.05) is 18.1 Å². The number of benzene rings is 1. The molecule has 0 saturated heterocycles. The molecule has 2 aromatic rings. The summed E-state index contributed by atoms with van der Waals surface area (Å²) in [6, 6.07) is 8.14. The first kappa shape index (κ1) is 10.4. The van der Waals surface area contributed by atoms with Gasteiger partial charge in [0.1, 0.15) is 0 Å². The van der Waals surface area contributed by atoms with E-state index < -0.39 is 0 Å². The Kier molecular flexibility index (Phi) is 2.00. The van der Waals surface area contributed by atoms with Gasteiger partial charge in [-0.3, -0.25) is 4.79 Å². The second-order valence-electron chi connectivity index (χ2n) is 5.76. The van der Waals surface area contributed by atoms with Gasteiger partial charge < -0.3 is 4.57 Å². The molecule has 4 rings (SSSR count). The molecule has 1 heterocycles. The summed E-state index contributed by atoms with van der Waals surface area (Å²) in [5, 5.41) is 2.11. The summed E-state index contributed by atoms with van der Waals surface area (Å²) >= 11 is 0. The van der Waals surface area contributed by atoms with Gasteiger partial charge in [0.05, 0.1) is 0 Å². The molecule has 2 aliphatic rings. The third kappa shape index (κ3) is 1.38. The molecule has 0 N–H and O–H groups in total. The minimum absolute atomic E-state index is 0.178. The van der Waals surface area contributed by atoms with E-state index in [2.05, 4.69) is 12.1 Å². The molecule has 2 nitrogen and oxygen atoms in total. The largest absolute Gasteiger partial charge is 0.315 e. The van der Waals surface area contributed by atoms with E-state index in [1.54, 1.807) is 0 Å². The second kappa shape index (κ2) is 3.47. The molecule has 2 fully saturated rings. The molecule has 0 atom stereocenters. The monoisotopic (exact) mass is 239 g/mol. The average Bonchev–Trinajstić information content (AvgIpc) is 3.26. The van der Waals surface area contributed by atoms with Gasteiger partial charge in [0.15, 0.2) is 0 Å². The molecular formula is C16H17NO. The standard InChI is InChI=1S/C16H17NO/c1-17-15(11-8-9-11)14(10-6-7-10)12-4-2-3-5-13(12)16(17)18/h2-5,10-11H,6-9H2,1H3. The quantitative estimate of drug-likeness (QED) is 0.788. The van der Waals surface area contributed by atoms with Crippen LogP contribution in [0.1, 0.15) is 48.8 Å². The number of rotatable bonds is 2. The minimum Gasteiger partial charge on any atom is -0.315 e. The van der Waals surface area contributed by atoms with Crippen molar-refractivity contribution < 1.29 is 0 Å². The van der Waals surface area contributed by atoms with Crippen LogP contribution < -0.4 is 5.56 Å². The van der Waals surface area contributed by atoms with E-state index in [0.717, 1.165) is 5.39 Å². The van der Waals surface area contributed by atoms with Crippen LogP contribution in [0.4, 0.5) is 0 Å². The molecular weight excluding hydrogens is 222 g/mol. The summed E-state index contributed by atoms with van der Waals surface area (Å²) in [5.74, 6) is 1.35. The molecule has 0 unspecified atom stereocenters. The van der Waals surface area contributed by atoms with Gasteiger partial charge in [-0.05, 0) is 54.5 Å². The lowest BCUT2D eigenvalue weighted by atomic mass is 9.97. The van der Waals surface area contributed by atoms with Crippen LogP contribution in [0, 0.1) is 0 Å². The molecule has 0 spiro atoms. The highest BCUT2D eigenvalue weighted by Crippen LogP contribution is 2.50. The number of nitrogens with zero attached hydrogens (tertiary/aromatic N) is 1. The van der Waals surface area contributed by atoms with Crippen LogP contribution in [0.5, 0.6) is 0 Å². The van der Waals surface area contributed by atoms with Crippen LogP contribution in [0.25, 0.3) is 10.8 Å². The van der Waals surface area contributed by atoms with E-state index in [0.29, 0.717) is 11.8 Å². The van der Waals surface area contributed by atoms with E-state index in [4.69, 9.17) is 0 Å². The Balaban J connectivity index is 2.16. The van der Waals surface area contributed by atoms with Crippen molar-refractivity contribution in [2.45, 2.75) is 37.5 Å². The zero-order chi connectivity index (χ0) is 12.3. The molecule has 1 aromatic carbocycles. The van der Waals surface area contributed by atoms with Crippen molar-refractivity contribution in [3.8, 4) is 0 Å². The summed E-state index contributed by atoms with van der Waals surface area (Å²) in [6.07, 6.45) is 5.10. The molecule has 2 heteroatoms. The first-order valence-electron chi connectivity index (χ1n) is 6.89. The van der Waals surface area contributed by atoms with Gasteiger partial charge in [-0.2, -0.15) is 0 Å². The van der Waals surface area contributed by atoms with Crippen molar-refractivity contribution in [2.24, 2.45) is 7.05 Å². The van der Waals surface area contributed by atoms with Crippen LogP contribution in [0.15, 0.2) is 29.1 Å². The Morgan fingerprint density at radius 2 is 1.61 bits per heavy atom. The predicted molar refractivity (Wildman–Crippen MR) is 73.1 cm³/mol. The lowest BCUT2D eigenvalue weighted by molar-refractivity contribution is 0.766. The summed E-state index contributed by atoms with van der Waals surface area (Å²) < 4.78 is 1.92. The normalized spacial score (nSPS) is 19.4. The zero-order valence-corrected chi connectivity index (χ0v) is 10.6. The number of pyridine rings is 1. The molecule has 0 amide bonds. The van der Waals surface area contributed by atoms with Crippen molar-refractivity contribution in [2.75, 3.05) is 0 Å². The molecule has 92 valence electrons. The molecule has 0 bridgehead atoms. The van der Waals surface area contributed by atoms with Crippen molar-refractivity contribution in [3.05, 3.63) is 45.9 Å². The van der Waals surface area contributed by atoms with Crippen molar-refractivity contribution in [3.63, 3.8) is 0 Å². The molecule has 2 aliphatic carbocycles. The van der Waals surface area contributed by atoms with Crippen LogP contribution in [-0.4, -0.2) is 4.57 Å². The molecule has 0 aliphatic heterocycles. The highest BCUT2D eigenvalue weighted by atomic mass is 16.1. The lowest BCUT2D eigenvalue weighted by Crippen LogP contribution is -2.22. The summed E-state index contributed by atoms with van der Waals surface area (Å²) in [6.45, 7) is 0. The summed E-state index contributed by atoms with van der Waals surface area (Å²) in [7, 11) is 1.95. The molecule has 18 heavy (non-hydrogen) atoms. The van der Waals surface area contributed by atoms with Gasteiger partial charge in [0.2, 0.25) is 0 Å². The topological polar surface area (TPSA) is 22.0 Å². The maximum atomic E-state index is 12.4. The van der Waals surface area contributed by atoms with Crippen molar-refractivity contribution in [1.29, 1.82) is 0 Å². The second-order valence-corrected chi connectivity index (χ2v) is 5.76. The van der Waals surface area contributed by atoms with E-state index >= 15 is 0 Å². The number of hydrogen-bond acceptors (Lipinski definition) is 1. The maximum Gasteiger partial charge on any atom is 0.258 e. The Morgan fingerprint density at radius 1 is 1.00 bits per heavy atom. The number of hydrogen-bond donors (Lipinski definition) is 0. The van der Waals surface area contributed by atoms with E-state index in [1.807, 2.05) is 23.7 Å². The third-order valence-corrected chi connectivity index (χ3v) is 4.34. The predicted octanol–water partition coefficient (Wildman–Crippen LogP) is 3.29. The van der Waals surface area contributed by atoms with Gasteiger partial charge >= 0.3 is 0 Å². The van der Waals surface area contributed by atoms with Crippen LogP contribution in [0.2, 0.25) is 0 Å². The fourth-order valence-electron chi connectivity index (χ4n) is 3.16. The maximum absolute atomic E-state index is 12.4. The first-order chi connectivity index (χ1) is 8.77. The molecule has 1 aromatic heterocycles. The zero-order valence-electron chi connectivity index (χ0n) is 10.6. The van der Waals surface area contributed by atoms with Gasteiger partial charge in [0.25, 0.3) is 5.56 Å². The highest BCUT2D eigenvalue weighted by Gasteiger charge is 2.36. The fourth-order valence-corrected chi connectivity index (χ4v) is 3.16. The number of fused-ring (bicyclic) bond motifs is 1. The molecule has 0 radical (unpaired) electrons. The summed E-state index contributed by atoms with van der Waals surface area (Å²) in [5.41, 5.74) is 2.99. The Hall–Kier alpha value is -1.57. The van der Waals surface area contributed by atoms with E-state index in [1.165, 1.54) is 42.3 Å². The SMILES string of the molecule is Cn1c(C2CC2)c(C2CC2)c2ccccc2c1=O. The van der Waals surface area contributed by atoms with E-state index in [9.17, 15) is 4.79 Å². The van der Waals surface area contributed by atoms with Gasteiger partial charge in [-0.1, -0.05) is 18.2 Å². The van der Waals surface area contributed by atoms with Crippen molar-refractivity contribution in [1.82, 2.24) is 4.57 Å². The van der Waals surface area contributed by atoms with Crippen LogP contribution in [0.3, 0.4) is 0 Å². The Labute approximate surface area is 106 Å². The summed E-state index contributed by atoms with van der Waals surface area (Å²) in [4.78, 5) is 12.4. The van der Waals surface area contributed by atoms with Crippen molar-refractivity contribution >= 4 is 10.8 Å². The highest BCUT2D eigenvalue weighted by molar-refractivity contribution is 5.86. The molecule has 2 saturated carbocycles. The third-order valence-electron chi connectivity index (χ3n) is 4.34. The van der Waals surface area contributed by atoms with E-state index in [-0.39, 0.29) is 5.56 Å². The van der Waals surface area contributed by atoms with Crippen LogP contribution in [-0.2, 0) is 7.05 Å². The smallest absolute Gasteiger partial charge is 0.258 e. The fraction of sp³-hybridized carbons (Fsp3) is 0.438. The lowest BCUT2D eigenvalue weighted by Gasteiger charge is -2.16. The Morgan fingerprint density at radius 3 is 2.22 bits per heavy atom. The van der Waals surface area contributed by atoms with Gasteiger partial charge in [-0.25, -0.2) is 0 Å². The van der Waals surface area contributed by atoms with Crippen LogP contribution >= 0.6 is 0 Å². The Bertz CT molecular complexity index is 690. The average molecular weight is 239 g/mol.